The van der Waals surface area contributed by atoms with E-state index in [1.807, 2.05) is 0 Å². The molecular weight excluding hydrogens is 445 g/mol. The first kappa shape index (κ1) is 22.2. The number of carbonyl (C=O) groups excluding carboxylic acids is 1. The largest absolute Gasteiger partial charge is 0.410 e. The SMILES string of the molecule is C[C@@H](O)c1cccc(NC(=O)c2cc3n(n2)[C@@H](C(F)(F)F)C[C@H](c2ccc(Cl)cc2)N3)c1. The Labute approximate surface area is 187 Å². The Kier molecular flexibility index (Phi) is 5.87. The number of amides is 1. The molecule has 0 saturated heterocycles. The van der Waals surface area contributed by atoms with Gasteiger partial charge < -0.3 is 15.7 Å². The predicted octanol–water partition coefficient (Wildman–Crippen LogP) is 5.50. The molecule has 4 rings (SSSR count). The lowest BCUT2D eigenvalue weighted by atomic mass is 9.97. The molecule has 32 heavy (non-hydrogen) atoms. The molecule has 6 nitrogen and oxygen atoms in total. The van der Waals surface area contributed by atoms with Crippen LogP contribution >= 0.6 is 11.6 Å². The third-order valence-electron chi connectivity index (χ3n) is 5.32. The fourth-order valence-electron chi connectivity index (χ4n) is 3.67. The van der Waals surface area contributed by atoms with Crippen LogP contribution in [0.5, 0.6) is 0 Å². The van der Waals surface area contributed by atoms with Gasteiger partial charge in [-0.25, -0.2) is 4.68 Å². The highest BCUT2D eigenvalue weighted by atomic mass is 35.5. The second-order valence-corrected chi connectivity index (χ2v) is 8.09. The first-order valence-corrected chi connectivity index (χ1v) is 10.3. The van der Waals surface area contributed by atoms with Gasteiger partial charge >= 0.3 is 6.18 Å². The van der Waals surface area contributed by atoms with Gasteiger partial charge in [0.15, 0.2) is 11.7 Å². The number of aromatic nitrogens is 2. The van der Waals surface area contributed by atoms with E-state index in [1.54, 1.807) is 55.5 Å². The molecular formula is C22H20ClF3N4O2. The first-order chi connectivity index (χ1) is 15.1. The molecule has 0 fully saturated rings. The summed E-state index contributed by atoms with van der Waals surface area (Å²) in [5, 5.41) is 19.8. The lowest BCUT2D eigenvalue weighted by Gasteiger charge is -2.33. The van der Waals surface area contributed by atoms with Gasteiger partial charge in [-0.15, -0.1) is 0 Å². The van der Waals surface area contributed by atoms with Crippen LogP contribution in [0.25, 0.3) is 0 Å². The maximum absolute atomic E-state index is 13.8. The normalized spacial score (nSPS) is 19.1. The zero-order valence-corrected chi connectivity index (χ0v) is 17.7. The van der Waals surface area contributed by atoms with Crippen LogP contribution in [0.3, 0.4) is 0 Å². The highest BCUT2D eigenvalue weighted by molar-refractivity contribution is 6.30. The van der Waals surface area contributed by atoms with Gasteiger partial charge in [-0.1, -0.05) is 35.9 Å². The van der Waals surface area contributed by atoms with Gasteiger partial charge in [-0.05, 0) is 42.3 Å². The number of nitrogens with one attached hydrogen (secondary N) is 2. The molecule has 2 heterocycles. The Morgan fingerprint density at radius 3 is 2.62 bits per heavy atom. The van der Waals surface area contributed by atoms with Crippen LogP contribution in [0.1, 0.15) is 53.1 Å². The van der Waals surface area contributed by atoms with Gasteiger partial charge in [0.2, 0.25) is 0 Å². The Hall–Kier alpha value is -3.04. The second-order valence-electron chi connectivity index (χ2n) is 7.66. The number of anilines is 2. The molecule has 3 atom stereocenters. The standard InChI is InChI=1S/C22H20ClF3N4O2/c1-12(31)14-3-2-4-16(9-14)27-21(32)18-11-20-28-17(13-5-7-15(23)8-6-13)10-19(22(24,25)26)30(20)29-18/h2-9,11-12,17,19,28,31H,10H2,1H3,(H,27,32)/t12-,17-,19-/m1/s1. The van der Waals surface area contributed by atoms with E-state index >= 15 is 0 Å². The number of hydrogen-bond donors (Lipinski definition) is 3. The van der Waals surface area contributed by atoms with Crippen LogP contribution in [-0.4, -0.2) is 27.0 Å². The van der Waals surface area contributed by atoms with Gasteiger partial charge in [0, 0.05) is 23.2 Å². The van der Waals surface area contributed by atoms with Crippen LogP contribution < -0.4 is 10.6 Å². The highest BCUT2D eigenvalue weighted by Crippen LogP contribution is 2.43. The number of aliphatic hydroxyl groups excluding tert-OH is 1. The quantitative estimate of drug-likeness (QED) is 0.476. The van der Waals surface area contributed by atoms with Crippen molar-refractivity contribution >= 4 is 29.0 Å². The van der Waals surface area contributed by atoms with E-state index in [0.29, 0.717) is 21.8 Å². The predicted molar refractivity (Wildman–Crippen MR) is 115 cm³/mol. The molecule has 0 radical (unpaired) electrons. The molecule has 0 aliphatic carbocycles. The lowest BCUT2D eigenvalue weighted by Crippen LogP contribution is -2.35. The van der Waals surface area contributed by atoms with Crippen molar-refractivity contribution in [2.75, 3.05) is 10.6 Å². The van der Waals surface area contributed by atoms with Crippen LogP contribution in [0, 0.1) is 0 Å². The number of hydrogen-bond acceptors (Lipinski definition) is 4. The summed E-state index contributed by atoms with van der Waals surface area (Å²) in [6.45, 7) is 1.59. The summed E-state index contributed by atoms with van der Waals surface area (Å²) in [7, 11) is 0. The average molecular weight is 465 g/mol. The highest BCUT2D eigenvalue weighted by Gasteiger charge is 2.46. The molecule has 0 spiro atoms. The maximum atomic E-state index is 13.8. The van der Waals surface area contributed by atoms with Crippen molar-refractivity contribution in [3.63, 3.8) is 0 Å². The summed E-state index contributed by atoms with van der Waals surface area (Å²) in [5.41, 5.74) is 1.49. The van der Waals surface area contributed by atoms with Gasteiger partial charge in [-0.2, -0.15) is 18.3 Å². The Bertz CT molecular complexity index is 1130. The topological polar surface area (TPSA) is 79.2 Å². The van der Waals surface area contributed by atoms with Crippen LogP contribution in [0.4, 0.5) is 24.7 Å². The molecule has 1 aromatic heterocycles. The molecule has 2 aromatic carbocycles. The minimum absolute atomic E-state index is 0.0985. The molecule has 168 valence electrons. The minimum Gasteiger partial charge on any atom is -0.389 e. The number of carbonyl (C=O) groups is 1. The number of halogens is 4. The van der Waals surface area contributed by atoms with Crippen LogP contribution in [0.15, 0.2) is 54.6 Å². The zero-order valence-electron chi connectivity index (χ0n) is 16.9. The number of aliphatic hydroxyl groups is 1. The monoisotopic (exact) mass is 464 g/mol. The van der Waals surface area contributed by atoms with Crippen molar-refractivity contribution in [1.29, 1.82) is 0 Å². The fourth-order valence-corrected chi connectivity index (χ4v) is 3.80. The third-order valence-corrected chi connectivity index (χ3v) is 5.57. The van der Waals surface area contributed by atoms with E-state index in [9.17, 15) is 23.1 Å². The maximum Gasteiger partial charge on any atom is 0.410 e. The lowest BCUT2D eigenvalue weighted by molar-refractivity contribution is -0.173. The Morgan fingerprint density at radius 1 is 1.25 bits per heavy atom. The molecule has 3 aromatic rings. The number of alkyl halides is 3. The Balaban J connectivity index is 1.62. The fraction of sp³-hybridized carbons (Fsp3) is 0.273. The van der Waals surface area contributed by atoms with Crippen LogP contribution in [0.2, 0.25) is 5.02 Å². The van der Waals surface area contributed by atoms with Gasteiger partial charge in [0.05, 0.1) is 12.1 Å². The number of benzene rings is 2. The Morgan fingerprint density at radius 2 is 1.97 bits per heavy atom. The van der Waals surface area contributed by atoms with Gasteiger partial charge in [-0.3, -0.25) is 4.79 Å². The average Bonchev–Trinajstić information content (AvgIpc) is 3.17. The van der Waals surface area contributed by atoms with Crippen molar-refractivity contribution < 1.29 is 23.1 Å². The summed E-state index contributed by atoms with van der Waals surface area (Å²) in [5.74, 6) is -0.554. The minimum atomic E-state index is -4.55. The van der Waals surface area contributed by atoms with E-state index in [0.717, 1.165) is 4.68 Å². The molecule has 0 saturated carbocycles. The van der Waals surface area contributed by atoms with Gasteiger partial charge in [0.25, 0.3) is 5.91 Å². The smallest absolute Gasteiger partial charge is 0.389 e. The summed E-state index contributed by atoms with van der Waals surface area (Å²) >= 11 is 5.89. The second kappa shape index (κ2) is 8.48. The van der Waals surface area contributed by atoms with E-state index in [4.69, 9.17) is 11.6 Å². The first-order valence-electron chi connectivity index (χ1n) is 9.89. The molecule has 1 amide bonds. The van der Waals surface area contributed by atoms with Crippen molar-refractivity contribution in [2.24, 2.45) is 0 Å². The molecule has 10 heteroatoms. The summed E-state index contributed by atoms with van der Waals surface area (Å²) in [6, 6.07) is 11.9. The third kappa shape index (κ3) is 4.58. The number of nitrogens with zero attached hydrogens (tertiary/aromatic N) is 2. The summed E-state index contributed by atoms with van der Waals surface area (Å²) in [6.07, 6.45) is -5.56. The molecule has 1 aliphatic rings. The van der Waals surface area contributed by atoms with Crippen molar-refractivity contribution in [1.82, 2.24) is 9.78 Å². The van der Waals surface area contributed by atoms with Crippen molar-refractivity contribution in [2.45, 2.75) is 37.7 Å². The number of fused-ring (bicyclic) bond motifs is 1. The molecule has 1 aliphatic heterocycles. The van der Waals surface area contributed by atoms with E-state index < -0.39 is 30.3 Å². The molecule has 0 bridgehead atoms. The van der Waals surface area contributed by atoms with E-state index in [2.05, 4.69) is 15.7 Å². The molecule has 0 unspecified atom stereocenters. The summed E-state index contributed by atoms with van der Waals surface area (Å²) in [4.78, 5) is 12.7. The summed E-state index contributed by atoms with van der Waals surface area (Å²) < 4.78 is 42.3. The van der Waals surface area contributed by atoms with Crippen LogP contribution in [-0.2, 0) is 0 Å². The van der Waals surface area contributed by atoms with Gasteiger partial charge in [0.1, 0.15) is 5.82 Å². The number of rotatable bonds is 4. The van der Waals surface area contributed by atoms with Crippen molar-refractivity contribution in [3.8, 4) is 0 Å². The van der Waals surface area contributed by atoms with E-state index in [1.165, 1.54) is 6.07 Å². The van der Waals surface area contributed by atoms with Crippen molar-refractivity contribution in [3.05, 3.63) is 76.4 Å². The van der Waals surface area contributed by atoms with E-state index in [-0.39, 0.29) is 17.9 Å². The zero-order chi connectivity index (χ0) is 23.0. The molecule has 3 N–H and O–H groups in total.